The van der Waals surface area contributed by atoms with Gasteiger partial charge in [0.15, 0.2) is 5.96 Å². The summed E-state index contributed by atoms with van der Waals surface area (Å²) in [6, 6.07) is 29.3. The summed E-state index contributed by atoms with van der Waals surface area (Å²) >= 11 is 0. The molecule has 7 N–H and O–H groups in total. The molecule has 11 nitrogen and oxygen atoms in total. The van der Waals surface area contributed by atoms with Crippen molar-refractivity contribution in [2.75, 3.05) is 6.61 Å². The smallest absolute Gasteiger partial charge is 0.748 e. The van der Waals surface area contributed by atoms with Crippen LogP contribution in [0.3, 0.4) is 0 Å². The number of phenolic OH excluding ortho intramolecular Hbond substituents is 1. The Balaban J connectivity index is 0.00000593. The molecule has 0 radical (unpaired) electrons. The van der Waals surface area contributed by atoms with Crippen molar-refractivity contribution in [1.82, 2.24) is 0 Å². The number of aliphatic imine (C=N–C) groups is 1. The van der Waals surface area contributed by atoms with Crippen molar-refractivity contribution in [3.8, 4) is 23.3 Å². The van der Waals surface area contributed by atoms with E-state index in [4.69, 9.17) is 25.9 Å². The number of aromatic hydroxyl groups is 1. The standard InChI is InChI=1S/C56H65N3O8S.Na/c1-34-12-13-39-28-45-19-21-47(39)49(34)31-51(68(63,64)65)50-30-41-26-40(29-46-25-36(33-60)10-7-11-38-27-44(61)18-20-48(38)53(41)66-46)52(50)37-14-16-42(17-15-37)56(67-45,59-54(57)58)32-43(55(62)22-5-6-23-55)24-35-8-3-2-4-9-35;/h2-4,8-9,14-21,27-28,30,34,36,40,43,46,49-53,60-62H,5-6,10,12-13,22-26,29,31-33H2,1H3,(H4,57,58,59)(H,63,64,65);/q;+1/p-1/t34-,36+,40-,43-,46-,49+,50-,51-,52+,53-,56-;/m1./s1. The van der Waals surface area contributed by atoms with Crippen molar-refractivity contribution in [2.45, 2.75) is 131 Å². The largest absolute Gasteiger partial charge is 1.00 e. The van der Waals surface area contributed by atoms with E-state index in [1.165, 1.54) is 0 Å². The number of hydrogen-bond acceptors (Lipinski definition) is 9. The van der Waals surface area contributed by atoms with Gasteiger partial charge < -0.3 is 40.8 Å². The fourth-order valence-corrected chi connectivity index (χ4v) is 14.4. The van der Waals surface area contributed by atoms with E-state index in [0.29, 0.717) is 61.8 Å². The summed E-state index contributed by atoms with van der Waals surface area (Å²) in [4.78, 5) is 5.03. The molecule has 0 spiro atoms. The second-order valence-corrected chi connectivity index (χ2v) is 22.5. The molecule has 10 bridgehead atoms. The van der Waals surface area contributed by atoms with Crippen LogP contribution in [-0.2, 0) is 33.4 Å². The average molecular weight is 962 g/mol. The van der Waals surface area contributed by atoms with Crippen molar-refractivity contribution in [3.05, 3.63) is 142 Å². The number of benzene rings is 4. The summed E-state index contributed by atoms with van der Waals surface area (Å²) in [5.74, 6) is 5.09. The first-order valence-electron chi connectivity index (χ1n) is 24.7. The van der Waals surface area contributed by atoms with Crippen LogP contribution < -0.4 is 45.8 Å². The molecule has 1 saturated heterocycles. The van der Waals surface area contributed by atoms with Gasteiger partial charge in [0.25, 0.3) is 0 Å². The maximum Gasteiger partial charge on any atom is 1.00 e. The molecule has 358 valence electrons. The zero-order valence-electron chi connectivity index (χ0n) is 39.8. The molecule has 0 unspecified atom stereocenters. The van der Waals surface area contributed by atoms with Crippen LogP contribution in [0.4, 0.5) is 0 Å². The molecule has 5 aliphatic heterocycles. The molecular formula is C56H64N3NaO8S. The number of aliphatic hydroxyl groups is 2. The molecule has 4 aromatic rings. The van der Waals surface area contributed by atoms with Crippen molar-refractivity contribution in [3.63, 3.8) is 0 Å². The van der Waals surface area contributed by atoms with Gasteiger partial charge in [0.2, 0.25) is 5.72 Å². The van der Waals surface area contributed by atoms with Gasteiger partial charge in [-0.1, -0.05) is 104 Å². The van der Waals surface area contributed by atoms with Crippen LogP contribution in [0.5, 0.6) is 11.5 Å². The van der Waals surface area contributed by atoms with Crippen molar-refractivity contribution in [2.24, 2.45) is 46.0 Å². The zero-order chi connectivity index (χ0) is 47.4. The third-order valence-electron chi connectivity index (χ3n) is 16.6. The van der Waals surface area contributed by atoms with Gasteiger partial charge in [-0.25, -0.2) is 13.4 Å². The molecule has 2 fully saturated rings. The number of nitrogens with two attached hydrogens (primary N) is 2. The fourth-order valence-electron chi connectivity index (χ4n) is 13.3. The van der Waals surface area contributed by atoms with E-state index in [0.717, 1.165) is 59.1 Å². The Morgan fingerprint density at radius 1 is 0.971 bits per heavy atom. The number of hydrogen-bond donors (Lipinski definition) is 5. The first kappa shape index (κ1) is 49.8. The number of rotatable bonds is 8. The number of phenols is 1. The Kier molecular flexibility index (Phi) is 14.5. The number of aryl methyl sites for hydroxylation is 1. The first-order chi connectivity index (χ1) is 32.7. The van der Waals surface area contributed by atoms with E-state index in [1.54, 1.807) is 12.1 Å². The minimum Gasteiger partial charge on any atom is -0.748 e. The SMILES string of the molecule is C[C@@H]1CCc2cc3ccc2[C@H]1C[C@@H](S(=O)(=O)[O-])[C@H]1C=C2C[C@H](C[C@H]4C[C@@H](CO)CC#Cc5cc(O)ccc5[C@@H]2O4)[C@@H]1c1ccc(cc1)[C@](C[C@@H](Cc1ccccc1)C1(O)CCCC1)(N=C(N)N)O3.[Na+]. The number of aliphatic hydroxyl groups excluding tert-OH is 1. The van der Waals surface area contributed by atoms with Crippen LogP contribution in [0.2, 0.25) is 0 Å². The average Bonchev–Trinajstić information content (AvgIpc) is 3.71. The first-order valence-corrected chi connectivity index (χ1v) is 26.2. The predicted molar refractivity (Wildman–Crippen MR) is 260 cm³/mol. The van der Waals surface area contributed by atoms with Gasteiger partial charge in [-0.15, -0.1) is 0 Å². The molecule has 12 rings (SSSR count). The number of guanidine groups is 1. The van der Waals surface area contributed by atoms with Crippen LogP contribution in [0.15, 0.2) is 108 Å². The normalized spacial score (nSPS) is 30.4. The van der Waals surface area contributed by atoms with Crippen LogP contribution in [0.25, 0.3) is 0 Å². The number of allylic oxidation sites excluding steroid dienone is 1. The molecule has 0 amide bonds. The summed E-state index contributed by atoms with van der Waals surface area (Å²) in [7, 11) is -4.91. The van der Waals surface area contributed by atoms with Gasteiger partial charge in [0, 0.05) is 36.1 Å². The Morgan fingerprint density at radius 2 is 1.72 bits per heavy atom. The van der Waals surface area contributed by atoms with Crippen LogP contribution in [0, 0.1) is 41.4 Å². The number of ether oxygens (including phenoxy) is 2. The van der Waals surface area contributed by atoms with Gasteiger partial charge in [-0.3, -0.25) is 0 Å². The summed E-state index contributed by atoms with van der Waals surface area (Å²) in [6.45, 7) is 2.08. The molecule has 13 heteroatoms. The van der Waals surface area contributed by atoms with E-state index in [9.17, 15) is 28.3 Å². The van der Waals surface area contributed by atoms with Gasteiger partial charge in [-0.2, -0.15) is 0 Å². The molecule has 1 saturated carbocycles. The summed E-state index contributed by atoms with van der Waals surface area (Å²) in [6.07, 6.45) is 8.89. The molecular weight excluding hydrogens is 898 g/mol. The molecule has 0 aromatic heterocycles. The van der Waals surface area contributed by atoms with Gasteiger partial charge >= 0.3 is 29.6 Å². The fraction of sp³-hybridized carbons (Fsp3) is 0.482. The van der Waals surface area contributed by atoms with Crippen LogP contribution >= 0.6 is 0 Å². The Morgan fingerprint density at radius 3 is 2.45 bits per heavy atom. The predicted octanol–water partition coefficient (Wildman–Crippen LogP) is 5.37. The van der Waals surface area contributed by atoms with Crippen molar-refractivity contribution in [1.29, 1.82) is 0 Å². The zero-order valence-corrected chi connectivity index (χ0v) is 42.6. The summed E-state index contributed by atoms with van der Waals surface area (Å²) in [5, 5.41) is 32.4. The Hall–Kier alpha value is -4.16. The minimum absolute atomic E-state index is 0. The Bertz CT molecular complexity index is 2750. The maximum absolute atomic E-state index is 14.2. The molecule has 3 aliphatic carbocycles. The van der Waals surface area contributed by atoms with Crippen LogP contribution in [0.1, 0.15) is 134 Å². The van der Waals surface area contributed by atoms with Crippen molar-refractivity contribution >= 4 is 16.1 Å². The molecule has 4 aromatic carbocycles. The number of fused-ring (bicyclic) bond motifs is 9. The molecule has 5 heterocycles. The maximum atomic E-state index is 14.2. The quantitative estimate of drug-likeness (QED) is 0.0382. The van der Waals surface area contributed by atoms with E-state index in [2.05, 4.69) is 30.9 Å². The van der Waals surface area contributed by atoms with Gasteiger partial charge in [0.1, 0.15) is 17.6 Å². The second kappa shape index (κ2) is 20.2. The second-order valence-electron chi connectivity index (χ2n) is 20.9. The van der Waals surface area contributed by atoms with Gasteiger partial charge in [-0.05, 0) is 151 Å². The van der Waals surface area contributed by atoms with Crippen molar-refractivity contribution < 1.29 is 67.3 Å². The van der Waals surface area contributed by atoms with Gasteiger partial charge in [0.05, 0.1) is 27.1 Å². The Labute approximate surface area is 429 Å². The van der Waals surface area contributed by atoms with E-state index >= 15 is 0 Å². The van der Waals surface area contributed by atoms with E-state index in [-0.39, 0.29) is 96.4 Å². The van der Waals surface area contributed by atoms with E-state index in [1.807, 2.05) is 72.8 Å². The number of nitrogens with zero attached hydrogens (tertiary/aromatic N) is 1. The summed E-state index contributed by atoms with van der Waals surface area (Å²) in [5.41, 5.74) is 17.3. The topological polar surface area (TPSA) is 201 Å². The van der Waals surface area contributed by atoms with E-state index < -0.39 is 44.6 Å². The third kappa shape index (κ3) is 10.2. The molecule has 69 heavy (non-hydrogen) atoms. The third-order valence-corrected chi connectivity index (χ3v) is 17.9. The van der Waals surface area contributed by atoms with Crippen LogP contribution in [-0.4, -0.2) is 57.8 Å². The monoisotopic (exact) mass is 961 g/mol. The molecule has 11 atom stereocenters. The minimum atomic E-state index is -4.91. The summed E-state index contributed by atoms with van der Waals surface area (Å²) < 4.78 is 56.8. The molecule has 8 aliphatic rings.